The van der Waals surface area contributed by atoms with Crippen molar-refractivity contribution >= 4 is 45.3 Å². The van der Waals surface area contributed by atoms with Crippen LogP contribution in [0.15, 0.2) is 42.5 Å². The SMILES string of the molecule is Fc1cc(F)c(F)c(-c2c3ccc([nH]3)c(-c3c(F)c(F)c(F)c(F)c3F)c3nc(c4ccc([nH]4)c(-c4c(F)c(F)c(F)c(F)c4F)c4ccc2[nH]4)C=C3)c1F. The molecule has 18 heteroatoms. The normalized spacial score (nSPS) is 12.1. The van der Waals surface area contributed by atoms with Crippen LogP contribution in [0.1, 0.15) is 11.4 Å². The molecule has 4 nitrogen and oxygen atoms in total. The fourth-order valence-corrected chi connectivity index (χ4v) is 6.39. The van der Waals surface area contributed by atoms with E-state index in [0.717, 1.165) is 42.5 Å². The highest BCUT2D eigenvalue weighted by molar-refractivity contribution is 6.00. The van der Waals surface area contributed by atoms with E-state index in [2.05, 4.69) is 19.9 Å². The predicted octanol–water partition coefficient (Wildman–Crippen LogP) is 11.6. The Morgan fingerprint density at radius 2 is 0.582 bits per heavy atom. The Labute approximate surface area is 295 Å². The van der Waals surface area contributed by atoms with E-state index >= 15 is 26.3 Å². The molecule has 0 amide bonds. The highest BCUT2D eigenvalue weighted by Gasteiger charge is 2.31. The van der Waals surface area contributed by atoms with E-state index < -0.39 is 148 Å². The Bertz CT molecular complexity index is 2910. The molecule has 8 bridgehead atoms. The Morgan fingerprint density at radius 3 is 1.00 bits per heavy atom. The maximum atomic E-state index is 15.5. The second-order valence-electron chi connectivity index (χ2n) is 11.9. The first-order valence-corrected chi connectivity index (χ1v) is 15.3. The molecule has 0 fully saturated rings. The van der Waals surface area contributed by atoms with Gasteiger partial charge in [0.15, 0.2) is 69.8 Å². The van der Waals surface area contributed by atoms with Gasteiger partial charge < -0.3 is 15.0 Å². The number of nitrogens with zero attached hydrogens (tertiary/aromatic N) is 1. The third kappa shape index (κ3) is 5.18. The number of fused-ring (bicyclic) bond motifs is 9. The summed E-state index contributed by atoms with van der Waals surface area (Å²) in [5.74, 6) is -31.5. The zero-order valence-electron chi connectivity index (χ0n) is 26.4. The van der Waals surface area contributed by atoms with E-state index in [4.69, 9.17) is 0 Å². The molecule has 7 aromatic rings. The first kappa shape index (κ1) is 35.4. The smallest absolute Gasteiger partial charge is 0.200 e. The van der Waals surface area contributed by atoms with Gasteiger partial charge in [0.05, 0.1) is 33.6 Å². The molecule has 0 saturated heterocycles. The summed E-state index contributed by atoms with van der Waals surface area (Å²) in [6, 6.07) is 5.90. The van der Waals surface area contributed by atoms with Crippen molar-refractivity contribution in [3.05, 3.63) is 135 Å². The van der Waals surface area contributed by atoms with Crippen LogP contribution in [-0.2, 0) is 0 Å². The molecule has 55 heavy (non-hydrogen) atoms. The summed E-state index contributed by atoms with van der Waals surface area (Å²) in [6.45, 7) is 0. The maximum absolute atomic E-state index is 15.5. The van der Waals surface area contributed by atoms with Gasteiger partial charge in [-0.05, 0) is 48.6 Å². The van der Waals surface area contributed by atoms with Crippen LogP contribution in [0.25, 0.3) is 78.6 Å². The lowest BCUT2D eigenvalue weighted by atomic mass is 10.0. The first-order chi connectivity index (χ1) is 26.1. The van der Waals surface area contributed by atoms with Gasteiger partial charge in [0, 0.05) is 50.3 Å². The molecular formula is C37H12F14N4. The van der Waals surface area contributed by atoms with Crippen LogP contribution in [0, 0.1) is 81.4 Å². The molecule has 1 aliphatic heterocycles. The van der Waals surface area contributed by atoms with Gasteiger partial charge in [-0.2, -0.15) is 0 Å². The molecule has 3 aromatic carbocycles. The van der Waals surface area contributed by atoms with Crippen LogP contribution in [-0.4, -0.2) is 19.9 Å². The fourth-order valence-electron chi connectivity index (χ4n) is 6.39. The Balaban J connectivity index is 1.64. The van der Waals surface area contributed by atoms with E-state index in [9.17, 15) is 35.1 Å². The first-order valence-electron chi connectivity index (χ1n) is 15.3. The Morgan fingerprint density at radius 1 is 0.291 bits per heavy atom. The molecule has 4 aromatic heterocycles. The van der Waals surface area contributed by atoms with Crippen molar-refractivity contribution in [3.8, 4) is 33.4 Å². The maximum Gasteiger partial charge on any atom is 0.200 e. The van der Waals surface area contributed by atoms with Crippen molar-refractivity contribution in [1.29, 1.82) is 0 Å². The molecule has 3 N–H and O–H groups in total. The summed E-state index contributed by atoms with van der Waals surface area (Å²) >= 11 is 0. The number of halogens is 14. The van der Waals surface area contributed by atoms with E-state index in [1.54, 1.807) is 0 Å². The van der Waals surface area contributed by atoms with E-state index in [1.165, 1.54) is 6.07 Å². The van der Waals surface area contributed by atoms with Crippen LogP contribution >= 0.6 is 0 Å². The largest absolute Gasteiger partial charge is 0.354 e. The van der Waals surface area contributed by atoms with E-state index in [1.807, 2.05) is 0 Å². The summed E-state index contributed by atoms with van der Waals surface area (Å²) in [6.07, 6.45) is 2.21. The third-order valence-corrected chi connectivity index (χ3v) is 8.86. The van der Waals surface area contributed by atoms with Crippen LogP contribution in [0.2, 0.25) is 0 Å². The van der Waals surface area contributed by atoms with Crippen LogP contribution in [0.3, 0.4) is 0 Å². The molecule has 0 aliphatic carbocycles. The van der Waals surface area contributed by atoms with Gasteiger partial charge in [0.2, 0.25) is 11.6 Å². The molecule has 0 spiro atoms. The number of nitrogens with one attached hydrogen (secondary N) is 3. The van der Waals surface area contributed by atoms with Gasteiger partial charge in [-0.1, -0.05) is 0 Å². The Hall–Kier alpha value is -6.59. The third-order valence-electron chi connectivity index (χ3n) is 8.86. The molecule has 0 atom stereocenters. The van der Waals surface area contributed by atoms with Crippen LogP contribution < -0.4 is 0 Å². The van der Waals surface area contributed by atoms with Crippen LogP contribution in [0.4, 0.5) is 61.5 Å². The van der Waals surface area contributed by atoms with Crippen LogP contribution in [0.5, 0.6) is 0 Å². The quantitative estimate of drug-likeness (QED) is 0.0934. The number of rotatable bonds is 3. The van der Waals surface area contributed by atoms with Crippen molar-refractivity contribution in [1.82, 2.24) is 19.9 Å². The van der Waals surface area contributed by atoms with Gasteiger partial charge in [-0.3, -0.25) is 0 Å². The zero-order chi connectivity index (χ0) is 39.4. The molecule has 5 heterocycles. The van der Waals surface area contributed by atoms with E-state index in [0.29, 0.717) is 0 Å². The number of aromatic nitrogens is 4. The molecule has 0 radical (unpaired) electrons. The average Bonchev–Trinajstić information content (AvgIpc) is 4.00. The van der Waals surface area contributed by atoms with E-state index in [-0.39, 0.29) is 17.3 Å². The molecule has 8 rings (SSSR count). The summed E-state index contributed by atoms with van der Waals surface area (Å²) < 4.78 is 209. The van der Waals surface area contributed by atoms with Gasteiger partial charge >= 0.3 is 0 Å². The lowest BCUT2D eigenvalue weighted by Crippen LogP contribution is -2.05. The van der Waals surface area contributed by atoms with Gasteiger partial charge in [0.1, 0.15) is 0 Å². The summed E-state index contributed by atoms with van der Waals surface area (Å²) in [7, 11) is 0. The number of aromatic amines is 3. The second-order valence-corrected chi connectivity index (χ2v) is 11.9. The molecular weight excluding hydrogens is 766 g/mol. The zero-order valence-corrected chi connectivity index (χ0v) is 26.4. The van der Waals surface area contributed by atoms with Crippen molar-refractivity contribution in [2.75, 3.05) is 0 Å². The highest BCUT2D eigenvalue weighted by atomic mass is 19.2. The fraction of sp³-hybridized carbons (Fsp3) is 0. The predicted molar refractivity (Wildman–Crippen MR) is 171 cm³/mol. The molecule has 0 saturated carbocycles. The Kier molecular flexibility index (Phi) is 8.05. The average molecular weight is 779 g/mol. The standard InChI is InChI=1S/C37H12F14N4/c38-10-9-11(39)27(41)23(26(10)40)20-16-5-7-18(54-16)21(24-28(42)32(46)36(50)33(47)29(24)43)14-3-1-12(52-14)13-2-4-15(53-13)22(19-8-6-17(20)55-19)25-30(44)34(48)37(51)35(49)31(25)45/h1-9,52,54-55H. The number of hydrogen-bond acceptors (Lipinski definition) is 1. The topological polar surface area (TPSA) is 60.3 Å². The van der Waals surface area contributed by atoms with Crippen molar-refractivity contribution in [2.45, 2.75) is 0 Å². The van der Waals surface area contributed by atoms with Crippen molar-refractivity contribution in [3.63, 3.8) is 0 Å². The lowest BCUT2D eigenvalue weighted by molar-refractivity contribution is 0.381. The van der Waals surface area contributed by atoms with Gasteiger partial charge in [-0.15, -0.1) is 0 Å². The molecule has 278 valence electrons. The van der Waals surface area contributed by atoms with Crippen molar-refractivity contribution < 1.29 is 61.5 Å². The van der Waals surface area contributed by atoms with Gasteiger partial charge in [-0.25, -0.2) is 66.4 Å². The summed E-state index contributed by atoms with van der Waals surface area (Å²) in [5, 5.41) is 0. The minimum Gasteiger partial charge on any atom is -0.354 e. The number of H-pyrrole nitrogens is 3. The van der Waals surface area contributed by atoms with Crippen molar-refractivity contribution in [2.24, 2.45) is 0 Å². The minimum atomic E-state index is -2.50. The number of benzene rings is 3. The second kappa shape index (κ2) is 12.5. The molecule has 0 unspecified atom stereocenters. The van der Waals surface area contributed by atoms with Gasteiger partial charge in [0.25, 0.3) is 0 Å². The lowest BCUT2D eigenvalue weighted by Gasteiger charge is -2.10. The summed E-state index contributed by atoms with van der Waals surface area (Å²) in [5.41, 5.74) is -10.2. The molecule has 1 aliphatic rings. The highest BCUT2D eigenvalue weighted by Crippen LogP contribution is 2.41. The minimum absolute atomic E-state index is 0.0835. The number of hydrogen-bond donors (Lipinski definition) is 3. The summed E-state index contributed by atoms with van der Waals surface area (Å²) in [4.78, 5) is 11.9. The monoisotopic (exact) mass is 778 g/mol.